The Balaban J connectivity index is 1.79. The van der Waals surface area contributed by atoms with Crippen molar-refractivity contribution in [2.24, 2.45) is 0 Å². The number of carbonyl (C=O) groups excluding carboxylic acids is 1. The summed E-state index contributed by atoms with van der Waals surface area (Å²) in [5.41, 5.74) is 2.75. The van der Waals surface area contributed by atoms with Crippen molar-refractivity contribution < 1.29 is 9.53 Å². The highest BCUT2D eigenvalue weighted by molar-refractivity contribution is 5.76. The molecule has 0 aromatic carbocycles. The number of ether oxygens (including phenoxy) is 1. The van der Waals surface area contributed by atoms with Gasteiger partial charge in [0.05, 0.1) is 0 Å². The molecule has 3 rings (SSSR count). The van der Waals surface area contributed by atoms with Crippen LogP contribution >= 0.6 is 0 Å². The van der Waals surface area contributed by atoms with Crippen molar-refractivity contribution in [3.8, 4) is 0 Å². The smallest absolute Gasteiger partial charge is 0.410 e. The maximum Gasteiger partial charge on any atom is 0.410 e. The fraction of sp³-hybridized carbons (Fsp3) is 0.556. The monoisotopic (exact) mass is 315 g/mol. The lowest BCUT2D eigenvalue weighted by atomic mass is 9.89. The minimum absolute atomic E-state index is 0.212. The maximum absolute atomic E-state index is 12.3. The van der Waals surface area contributed by atoms with E-state index in [-0.39, 0.29) is 6.09 Å². The second-order valence-electron chi connectivity index (χ2n) is 7.34. The number of hydrogen-bond acceptors (Lipinski definition) is 3. The van der Waals surface area contributed by atoms with Gasteiger partial charge in [0.2, 0.25) is 0 Å². The average Bonchev–Trinajstić information content (AvgIpc) is 2.92. The van der Waals surface area contributed by atoms with Gasteiger partial charge in [-0.15, -0.1) is 0 Å². The number of aromatic nitrogens is 2. The summed E-state index contributed by atoms with van der Waals surface area (Å²) >= 11 is 0. The van der Waals surface area contributed by atoms with Crippen LogP contribution in [0.4, 0.5) is 4.79 Å². The Hall–Kier alpha value is -2.04. The third-order valence-corrected chi connectivity index (χ3v) is 4.28. The Bertz CT molecular complexity index is 715. The second kappa shape index (κ2) is 5.87. The predicted octanol–water partition coefficient (Wildman–Crippen LogP) is 3.99. The third kappa shape index (κ3) is 3.49. The molecule has 3 heterocycles. The van der Waals surface area contributed by atoms with Gasteiger partial charge in [-0.25, -0.2) is 9.78 Å². The summed E-state index contributed by atoms with van der Waals surface area (Å²) in [6, 6.07) is 4.25. The molecule has 0 radical (unpaired) electrons. The van der Waals surface area contributed by atoms with Gasteiger partial charge in [0.25, 0.3) is 0 Å². The molecule has 5 heteroatoms. The van der Waals surface area contributed by atoms with Gasteiger partial charge >= 0.3 is 6.09 Å². The van der Waals surface area contributed by atoms with E-state index in [1.165, 1.54) is 5.56 Å². The third-order valence-electron chi connectivity index (χ3n) is 4.28. The van der Waals surface area contributed by atoms with Gasteiger partial charge in [0.1, 0.15) is 11.2 Å². The zero-order chi connectivity index (χ0) is 16.6. The number of rotatable bonds is 1. The predicted molar refractivity (Wildman–Crippen MR) is 90.6 cm³/mol. The van der Waals surface area contributed by atoms with Crippen LogP contribution in [0.5, 0.6) is 0 Å². The Morgan fingerprint density at radius 1 is 1.43 bits per heavy atom. The van der Waals surface area contributed by atoms with E-state index in [2.05, 4.69) is 16.0 Å². The molecule has 5 nitrogen and oxygen atoms in total. The molecule has 1 fully saturated rings. The van der Waals surface area contributed by atoms with Crippen LogP contribution in [-0.2, 0) is 4.74 Å². The highest BCUT2D eigenvalue weighted by Gasteiger charge is 2.29. The van der Waals surface area contributed by atoms with Crippen LogP contribution in [0, 0.1) is 6.92 Å². The van der Waals surface area contributed by atoms with E-state index in [9.17, 15) is 4.79 Å². The normalized spacial score (nSPS) is 19.1. The van der Waals surface area contributed by atoms with Gasteiger partial charge < -0.3 is 14.6 Å². The van der Waals surface area contributed by atoms with E-state index in [1.807, 2.05) is 44.9 Å². The molecule has 1 amide bonds. The van der Waals surface area contributed by atoms with Gasteiger partial charge in [-0.05, 0) is 58.2 Å². The lowest BCUT2D eigenvalue weighted by molar-refractivity contribution is 0.0198. The Morgan fingerprint density at radius 3 is 2.96 bits per heavy atom. The van der Waals surface area contributed by atoms with Gasteiger partial charge in [0.15, 0.2) is 0 Å². The molecule has 0 saturated carbocycles. The van der Waals surface area contributed by atoms with Crippen molar-refractivity contribution >= 4 is 17.1 Å². The Kier molecular flexibility index (Phi) is 4.04. The summed E-state index contributed by atoms with van der Waals surface area (Å²) in [6.07, 6.45) is 3.77. The SMILES string of the molecule is Cc1nc2[nH]ccc2cc1C1CCCN(C(=O)OC(C)(C)C)C1. The number of carbonyl (C=O) groups is 1. The van der Waals surface area contributed by atoms with Crippen molar-refractivity contribution in [1.29, 1.82) is 0 Å². The number of likely N-dealkylation sites (tertiary alicyclic amines) is 1. The molecule has 0 spiro atoms. The van der Waals surface area contributed by atoms with Crippen molar-refractivity contribution in [3.05, 3.63) is 29.6 Å². The largest absolute Gasteiger partial charge is 0.444 e. The molecule has 23 heavy (non-hydrogen) atoms. The minimum atomic E-state index is -0.453. The number of hydrogen-bond donors (Lipinski definition) is 1. The van der Waals surface area contributed by atoms with Crippen LogP contribution in [0.3, 0.4) is 0 Å². The molecule has 124 valence electrons. The van der Waals surface area contributed by atoms with E-state index >= 15 is 0 Å². The van der Waals surface area contributed by atoms with Gasteiger partial charge in [-0.3, -0.25) is 0 Å². The van der Waals surface area contributed by atoms with Crippen LogP contribution < -0.4 is 0 Å². The van der Waals surface area contributed by atoms with Crippen LogP contribution in [-0.4, -0.2) is 39.7 Å². The first-order valence-electron chi connectivity index (χ1n) is 8.26. The first kappa shape index (κ1) is 15.8. The van der Waals surface area contributed by atoms with Gasteiger partial charge in [-0.1, -0.05) is 0 Å². The fourth-order valence-corrected chi connectivity index (χ4v) is 3.23. The first-order valence-corrected chi connectivity index (χ1v) is 8.26. The number of fused-ring (bicyclic) bond motifs is 1. The van der Waals surface area contributed by atoms with Crippen LogP contribution in [0.2, 0.25) is 0 Å². The number of amides is 1. The number of nitrogens with zero attached hydrogens (tertiary/aromatic N) is 2. The number of aryl methyl sites for hydroxylation is 1. The van der Waals surface area contributed by atoms with E-state index in [0.717, 1.165) is 36.1 Å². The zero-order valence-corrected chi connectivity index (χ0v) is 14.3. The molecule has 2 aromatic rings. The molecule has 1 aliphatic rings. The fourth-order valence-electron chi connectivity index (χ4n) is 3.23. The highest BCUT2D eigenvalue weighted by Crippen LogP contribution is 2.31. The van der Waals surface area contributed by atoms with E-state index in [4.69, 9.17) is 4.74 Å². The topological polar surface area (TPSA) is 58.2 Å². The summed E-state index contributed by atoms with van der Waals surface area (Å²) < 4.78 is 5.52. The van der Waals surface area contributed by atoms with Gasteiger partial charge in [-0.2, -0.15) is 0 Å². The molecule has 0 aliphatic carbocycles. The zero-order valence-electron chi connectivity index (χ0n) is 14.3. The molecule has 1 saturated heterocycles. The molecule has 1 N–H and O–H groups in total. The minimum Gasteiger partial charge on any atom is -0.444 e. The Morgan fingerprint density at radius 2 is 2.22 bits per heavy atom. The summed E-state index contributed by atoms with van der Waals surface area (Å²) in [5, 5.41) is 1.12. The Labute approximate surface area is 137 Å². The average molecular weight is 315 g/mol. The first-order chi connectivity index (χ1) is 10.8. The molecule has 2 aromatic heterocycles. The summed E-state index contributed by atoms with van der Waals surface area (Å²) in [5.74, 6) is 0.322. The number of pyridine rings is 1. The molecule has 1 atom stereocenters. The highest BCUT2D eigenvalue weighted by atomic mass is 16.6. The van der Waals surface area contributed by atoms with Crippen LogP contribution in [0.15, 0.2) is 18.3 Å². The van der Waals surface area contributed by atoms with Crippen LogP contribution in [0.25, 0.3) is 11.0 Å². The van der Waals surface area contributed by atoms with Crippen molar-refractivity contribution in [2.45, 2.75) is 52.1 Å². The molecule has 1 unspecified atom stereocenters. The van der Waals surface area contributed by atoms with Gasteiger partial charge in [0, 0.05) is 36.3 Å². The summed E-state index contributed by atoms with van der Waals surface area (Å²) in [4.78, 5) is 22.0. The van der Waals surface area contributed by atoms with Crippen molar-refractivity contribution in [3.63, 3.8) is 0 Å². The van der Waals surface area contributed by atoms with E-state index in [0.29, 0.717) is 12.5 Å². The maximum atomic E-state index is 12.3. The lowest BCUT2D eigenvalue weighted by Crippen LogP contribution is -2.42. The molecular weight excluding hydrogens is 290 g/mol. The van der Waals surface area contributed by atoms with Crippen molar-refractivity contribution in [1.82, 2.24) is 14.9 Å². The number of H-pyrrole nitrogens is 1. The summed E-state index contributed by atoms with van der Waals surface area (Å²) in [6.45, 7) is 9.22. The quantitative estimate of drug-likeness (QED) is 0.865. The lowest BCUT2D eigenvalue weighted by Gasteiger charge is -2.34. The van der Waals surface area contributed by atoms with Crippen molar-refractivity contribution in [2.75, 3.05) is 13.1 Å². The number of nitrogens with one attached hydrogen (secondary N) is 1. The molecular formula is C18H25N3O2. The van der Waals surface area contributed by atoms with Crippen LogP contribution in [0.1, 0.15) is 50.8 Å². The number of aromatic amines is 1. The van der Waals surface area contributed by atoms with E-state index in [1.54, 1.807) is 0 Å². The molecule has 0 bridgehead atoms. The second-order valence-corrected chi connectivity index (χ2v) is 7.34. The van der Waals surface area contributed by atoms with E-state index < -0.39 is 5.60 Å². The number of piperidine rings is 1. The standard InChI is InChI=1S/C18H25N3O2/c1-12-15(10-13-7-8-19-16(13)20-12)14-6-5-9-21(11-14)17(22)23-18(2,3)4/h7-8,10,14H,5-6,9,11H2,1-4H3,(H,19,20). The molecule has 1 aliphatic heterocycles. The summed E-state index contributed by atoms with van der Waals surface area (Å²) in [7, 11) is 0.